The van der Waals surface area contributed by atoms with E-state index < -0.39 is 11.5 Å². The molecule has 1 aromatic rings. The van der Waals surface area contributed by atoms with Crippen molar-refractivity contribution in [1.29, 1.82) is 15.8 Å². The fourth-order valence-corrected chi connectivity index (χ4v) is 1.50. The summed E-state index contributed by atoms with van der Waals surface area (Å²) in [6.45, 7) is 0. The molecule has 0 aliphatic rings. The van der Waals surface area contributed by atoms with Gasteiger partial charge in [-0.15, -0.1) is 0 Å². The summed E-state index contributed by atoms with van der Waals surface area (Å²) < 4.78 is 4.59. The van der Waals surface area contributed by atoms with E-state index in [2.05, 4.69) is 10.1 Å². The highest BCUT2D eigenvalue weighted by Crippen LogP contribution is 2.23. The third-order valence-corrected chi connectivity index (χ3v) is 2.47. The number of esters is 1. The van der Waals surface area contributed by atoms with Crippen LogP contribution in [-0.4, -0.2) is 13.1 Å². The van der Waals surface area contributed by atoms with E-state index in [0.29, 0.717) is 5.02 Å². The van der Waals surface area contributed by atoms with Gasteiger partial charge in [0.05, 0.1) is 18.4 Å². The number of anilines is 1. The van der Waals surface area contributed by atoms with Gasteiger partial charge in [-0.3, -0.25) is 0 Å². The average molecular weight is 287 g/mol. The molecule has 0 aliphatic carbocycles. The van der Waals surface area contributed by atoms with Gasteiger partial charge in [-0.1, -0.05) is 11.6 Å². The van der Waals surface area contributed by atoms with Gasteiger partial charge in [0.1, 0.15) is 23.9 Å². The Morgan fingerprint density at radius 1 is 1.25 bits per heavy atom. The van der Waals surface area contributed by atoms with Gasteiger partial charge in [-0.25, -0.2) is 4.79 Å². The number of hydrogen-bond donors (Lipinski definition) is 1. The van der Waals surface area contributed by atoms with Crippen LogP contribution in [0, 0.1) is 34.0 Å². The number of nitrogens with one attached hydrogen (secondary N) is 1. The molecule has 98 valence electrons. The summed E-state index contributed by atoms with van der Waals surface area (Å²) in [6.07, 6.45) is 0. The fourth-order valence-electron chi connectivity index (χ4n) is 1.33. The molecule has 0 spiro atoms. The predicted molar refractivity (Wildman–Crippen MR) is 70.3 cm³/mol. The third-order valence-electron chi connectivity index (χ3n) is 2.23. The van der Waals surface area contributed by atoms with Crippen LogP contribution in [-0.2, 0) is 4.74 Å². The molecule has 0 bridgehead atoms. The lowest BCUT2D eigenvalue weighted by Gasteiger charge is -2.10. The number of hydrogen-bond acceptors (Lipinski definition) is 6. The number of ether oxygens (including phenoxy) is 1. The molecule has 0 radical (unpaired) electrons. The van der Waals surface area contributed by atoms with Gasteiger partial charge in [0.15, 0.2) is 5.57 Å². The molecule has 1 aromatic carbocycles. The molecule has 7 heteroatoms. The first-order chi connectivity index (χ1) is 9.57. The van der Waals surface area contributed by atoms with E-state index in [1.54, 1.807) is 18.2 Å². The fraction of sp³-hybridized carbons (Fsp3) is 0.0769. The zero-order valence-corrected chi connectivity index (χ0v) is 11.0. The van der Waals surface area contributed by atoms with Crippen LogP contribution in [0.4, 0.5) is 5.69 Å². The van der Waals surface area contributed by atoms with Crippen molar-refractivity contribution in [3.63, 3.8) is 0 Å². The largest absolute Gasteiger partial charge is 0.465 e. The van der Waals surface area contributed by atoms with E-state index >= 15 is 0 Å². The number of methoxy groups -OCH3 is 1. The van der Waals surface area contributed by atoms with Crippen LogP contribution in [0.5, 0.6) is 0 Å². The molecule has 1 N–H and O–H groups in total. The van der Waals surface area contributed by atoms with Crippen molar-refractivity contribution >= 4 is 23.3 Å². The van der Waals surface area contributed by atoms with E-state index in [1.807, 2.05) is 0 Å². The average Bonchev–Trinajstić information content (AvgIpc) is 2.46. The Labute approximate surface area is 120 Å². The quantitative estimate of drug-likeness (QED) is 0.674. The summed E-state index contributed by atoms with van der Waals surface area (Å²) in [6, 6.07) is 9.12. The number of carbonyl (C=O) groups is 1. The normalized spacial score (nSPS) is 8.55. The highest BCUT2D eigenvalue weighted by Gasteiger charge is 2.15. The molecular formula is C13H7ClN4O2. The van der Waals surface area contributed by atoms with Crippen molar-refractivity contribution in [1.82, 2.24) is 0 Å². The monoisotopic (exact) mass is 286 g/mol. The highest BCUT2D eigenvalue weighted by molar-refractivity contribution is 6.31. The second-order valence-electron chi connectivity index (χ2n) is 3.39. The maximum absolute atomic E-state index is 11.6. The summed E-state index contributed by atoms with van der Waals surface area (Å²) in [5, 5.41) is 29.3. The second kappa shape index (κ2) is 6.80. The van der Waals surface area contributed by atoms with Crippen molar-refractivity contribution in [2.45, 2.75) is 0 Å². The molecule has 0 amide bonds. The van der Waals surface area contributed by atoms with Gasteiger partial charge in [0.25, 0.3) is 0 Å². The van der Waals surface area contributed by atoms with Crippen LogP contribution in [0.1, 0.15) is 10.4 Å². The lowest BCUT2D eigenvalue weighted by Crippen LogP contribution is -2.08. The number of nitrogens with zero attached hydrogens (tertiary/aromatic N) is 3. The van der Waals surface area contributed by atoms with Crippen molar-refractivity contribution in [3.05, 3.63) is 40.1 Å². The van der Waals surface area contributed by atoms with Gasteiger partial charge in [-0.2, -0.15) is 15.8 Å². The van der Waals surface area contributed by atoms with Crippen LogP contribution >= 0.6 is 11.6 Å². The predicted octanol–water partition coefficient (Wildman–Crippen LogP) is 2.36. The molecular weight excluding hydrogens is 280 g/mol. The van der Waals surface area contributed by atoms with Gasteiger partial charge in [0.2, 0.25) is 0 Å². The van der Waals surface area contributed by atoms with E-state index in [9.17, 15) is 4.79 Å². The minimum atomic E-state index is -0.642. The summed E-state index contributed by atoms with van der Waals surface area (Å²) in [4.78, 5) is 11.6. The molecule has 20 heavy (non-hydrogen) atoms. The van der Waals surface area contributed by atoms with E-state index in [-0.39, 0.29) is 16.9 Å². The number of rotatable bonds is 3. The molecule has 0 heterocycles. The third kappa shape index (κ3) is 3.26. The van der Waals surface area contributed by atoms with Gasteiger partial charge < -0.3 is 10.1 Å². The number of carbonyl (C=O) groups excluding carboxylic acids is 1. The summed E-state index contributed by atoms with van der Waals surface area (Å²) >= 11 is 5.82. The Morgan fingerprint density at radius 3 is 2.40 bits per heavy atom. The van der Waals surface area contributed by atoms with E-state index in [4.69, 9.17) is 27.4 Å². The lowest BCUT2D eigenvalue weighted by molar-refractivity contribution is 0.0602. The number of allylic oxidation sites excluding steroid dienone is 2. The zero-order chi connectivity index (χ0) is 15.1. The van der Waals surface area contributed by atoms with E-state index in [0.717, 1.165) is 0 Å². The maximum atomic E-state index is 11.6. The van der Waals surface area contributed by atoms with Gasteiger partial charge in [0, 0.05) is 5.02 Å². The molecule has 0 atom stereocenters. The lowest BCUT2D eigenvalue weighted by atomic mass is 10.1. The highest BCUT2D eigenvalue weighted by atomic mass is 35.5. The molecule has 0 unspecified atom stereocenters. The maximum Gasteiger partial charge on any atom is 0.339 e. The molecule has 0 aromatic heterocycles. The molecule has 0 saturated heterocycles. The minimum absolute atomic E-state index is 0.125. The van der Waals surface area contributed by atoms with Crippen LogP contribution in [0.3, 0.4) is 0 Å². The van der Waals surface area contributed by atoms with Gasteiger partial charge in [-0.05, 0) is 18.2 Å². The summed E-state index contributed by atoms with van der Waals surface area (Å²) in [5.41, 5.74) is -0.380. The first-order valence-electron chi connectivity index (χ1n) is 5.16. The van der Waals surface area contributed by atoms with Crippen molar-refractivity contribution in [2.24, 2.45) is 0 Å². The SMILES string of the molecule is COC(=O)c1ccc(Cl)cc1NC(C#N)=C(C#N)C#N. The number of benzene rings is 1. The van der Waals surface area contributed by atoms with Crippen molar-refractivity contribution in [3.8, 4) is 18.2 Å². The van der Waals surface area contributed by atoms with Crippen LogP contribution in [0.15, 0.2) is 29.5 Å². The standard InChI is InChI=1S/C13H7ClN4O2/c1-20-13(19)10-3-2-9(14)4-11(10)18-12(7-17)8(5-15)6-16/h2-4,18H,1H3. The Morgan fingerprint density at radius 2 is 1.90 bits per heavy atom. The second-order valence-corrected chi connectivity index (χ2v) is 3.83. The number of nitriles is 3. The minimum Gasteiger partial charge on any atom is -0.465 e. The van der Waals surface area contributed by atoms with Crippen molar-refractivity contribution < 1.29 is 9.53 Å². The molecule has 0 saturated carbocycles. The van der Waals surface area contributed by atoms with Crippen LogP contribution in [0.2, 0.25) is 5.02 Å². The van der Waals surface area contributed by atoms with Gasteiger partial charge >= 0.3 is 5.97 Å². The Balaban J connectivity index is 3.35. The number of halogens is 1. The molecule has 1 rings (SSSR count). The molecule has 0 fully saturated rings. The van der Waals surface area contributed by atoms with Crippen LogP contribution in [0.25, 0.3) is 0 Å². The zero-order valence-electron chi connectivity index (χ0n) is 10.3. The van der Waals surface area contributed by atoms with Crippen LogP contribution < -0.4 is 5.32 Å². The summed E-state index contributed by atoms with van der Waals surface area (Å²) in [7, 11) is 1.21. The summed E-state index contributed by atoms with van der Waals surface area (Å²) in [5.74, 6) is -0.642. The smallest absolute Gasteiger partial charge is 0.339 e. The molecule has 6 nitrogen and oxygen atoms in total. The first kappa shape index (κ1) is 15.0. The van der Waals surface area contributed by atoms with E-state index in [1.165, 1.54) is 25.3 Å². The molecule has 0 aliphatic heterocycles. The first-order valence-corrected chi connectivity index (χ1v) is 5.54. The Bertz CT molecular complexity index is 689. The topological polar surface area (TPSA) is 110 Å². The van der Waals surface area contributed by atoms with Crippen molar-refractivity contribution in [2.75, 3.05) is 12.4 Å². The Hall–Kier alpha value is -3.01. The Kier molecular flexibility index (Phi) is 5.12.